The number of piperidine rings is 1. The highest BCUT2D eigenvalue weighted by molar-refractivity contribution is 5.95. The van der Waals surface area contributed by atoms with Crippen molar-refractivity contribution in [3.63, 3.8) is 0 Å². The number of rotatable bonds is 3. The Labute approximate surface area is 105 Å². The van der Waals surface area contributed by atoms with Crippen LogP contribution < -0.4 is 10.6 Å². The summed E-state index contributed by atoms with van der Waals surface area (Å²) in [5.41, 5.74) is 5.93. The quantitative estimate of drug-likeness (QED) is 0.344. The molecule has 1 atom stereocenters. The highest BCUT2D eigenvalue weighted by atomic mass is 16.5. The summed E-state index contributed by atoms with van der Waals surface area (Å²) in [6, 6.07) is 1.61. The summed E-state index contributed by atoms with van der Waals surface area (Å²) in [7, 11) is 1.71. The predicted octanol–water partition coefficient (Wildman–Crippen LogP) is 0.186. The minimum atomic E-state index is -0.0149. The average Bonchev–Trinajstić information content (AvgIpc) is 2.46. The van der Waals surface area contributed by atoms with Crippen molar-refractivity contribution >= 4 is 11.8 Å². The fourth-order valence-corrected chi connectivity index (χ4v) is 2.01. The fourth-order valence-electron chi connectivity index (χ4n) is 2.01. The largest absolute Gasteiger partial charge is 0.409 e. The Morgan fingerprint density at radius 3 is 3.22 bits per heavy atom. The number of ether oxygens (including phenoxy) is 1. The number of amidine groups is 1. The van der Waals surface area contributed by atoms with E-state index >= 15 is 0 Å². The first-order valence-electron chi connectivity index (χ1n) is 5.83. The number of aromatic nitrogens is 2. The highest BCUT2D eigenvalue weighted by Crippen LogP contribution is 2.17. The summed E-state index contributed by atoms with van der Waals surface area (Å²) in [4.78, 5) is 10.5. The number of methoxy groups -OCH3 is 1. The van der Waals surface area contributed by atoms with Crippen molar-refractivity contribution in [3.8, 4) is 0 Å². The number of nitrogens with zero attached hydrogens (tertiary/aromatic N) is 4. The van der Waals surface area contributed by atoms with Crippen LogP contribution in [0.1, 0.15) is 18.5 Å². The van der Waals surface area contributed by atoms with Crippen molar-refractivity contribution < 1.29 is 9.94 Å². The first-order chi connectivity index (χ1) is 8.74. The van der Waals surface area contributed by atoms with Gasteiger partial charge in [-0.3, -0.25) is 0 Å². The number of anilines is 1. The molecule has 18 heavy (non-hydrogen) atoms. The summed E-state index contributed by atoms with van der Waals surface area (Å²) in [6.45, 7) is 1.65. The summed E-state index contributed by atoms with van der Waals surface area (Å²) in [5, 5.41) is 11.6. The standard InChI is InChI=1S/C11H17N5O2/c1-18-8-3-2-6-16(7-8)11-13-5-4-9(14-11)10(12)15-17/h4-5,8,17H,2-3,6-7H2,1H3,(H2,12,15). The molecule has 0 saturated carbocycles. The molecule has 0 spiro atoms. The van der Waals surface area contributed by atoms with Crippen LogP contribution in [0.5, 0.6) is 0 Å². The van der Waals surface area contributed by atoms with E-state index < -0.39 is 0 Å². The molecule has 1 fully saturated rings. The van der Waals surface area contributed by atoms with Crippen LogP contribution in [-0.2, 0) is 4.74 Å². The Morgan fingerprint density at radius 1 is 1.67 bits per heavy atom. The third-order valence-corrected chi connectivity index (χ3v) is 3.01. The topological polar surface area (TPSA) is 96.9 Å². The van der Waals surface area contributed by atoms with Crippen LogP contribution in [0.3, 0.4) is 0 Å². The van der Waals surface area contributed by atoms with Crippen molar-refractivity contribution in [2.24, 2.45) is 10.9 Å². The second-order valence-electron chi connectivity index (χ2n) is 4.17. The van der Waals surface area contributed by atoms with Gasteiger partial charge in [0.1, 0.15) is 5.69 Å². The normalized spacial score (nSPS) is 21.1. The molecule has 1 aliphatic rings. The van der Waals surface area contributed by atoms with E-state index in [1.54, 1.807) is 19.4 Å². The van der Waals surface area contributed by atoms with Gasteiger partial charge in [-0.05, 0) is 18.9 Å². The van der Waals surface area contributed by atoms with Gasteiger partial charge in [0.2, 0.25) is 5.95 Å². The molecule has 0 bridgehead atoms. The first kappa shape index (κ1) is 12.6. The van der Waals surface area contributed by atoms with Gasteiger partial charge in [0.15, 0.2) is 5.84 Å². The number of nitrogens with two attached hydrogens (primary N) is 1. The third kappa shape index (κ3) is 2.67. The number of hydrogen-bond acceptors (Lipinski definition) is 6. The van der Waals surface area contributed by atoms with Crippen molar-refractivity contribution in [1.82, 2.24) is 9.97 Å². The summed E-state index contributed by atoms with van der Waals surface area (Å²) in [6.07, 6.45) is 3.89. The monoisotopic (exact) mass is 251 g/mol. The first-order valence-corrected chi connectivity index (χ1v) is 5.83. The Balaban J connectivity index is 2.17. The van der Waals surface area contributed by atoms with Gasteiger partial charge >= 0.3 is 0 Å². The van der Waals surface area contributed by atoms with Crippen LogP contribution >= 0.6 is 0 Å². The lowest BCUT2D eigenvalue weighted by molar-refractivity contribution is 0.0889. The molecule has 7 heteroatoms. The number of hydrogen-bond donors (Lipinski definition) is 2. The Hall–Kier alpha value is -1.89. The van der Waals surface area contributed by atoms with Gasteiger partial charge in [-0.1, -0.05) is 5.16 Å². The van der Waals surface area contributed by atoms with Crippen LogP contribution in [0.4, 0.5) is 5.95 Å². The van der Waals surface area contributed by atoms with Gasteiger partial charge in [0.05, 0.1) is 6.10 Å². The molecule has 1 aromatic rings. The molecular formula is C11H17N5O2. The zero-order valence-corrected chi connectivity index (χ0v) is 10.3. The van der Waals surface area contributed by atoms with Gasteiger partial charge in [-0.2, -0.15) is 0 Å². The van der Waals surface area contributed by atoms with E-state index in [-0.39, 0.29) is 11.9 Å². The van der Waals surface area contributed by atoms with Crippen molar-refractivity contribution in [1.29, 1.82) is 0 Å². The molecule has 7 nitrogen and oxygen atoms in total. The summed E-state index contributed by atoms with van der Waals surface area (Å²) < 4.78 is 5.36. The van der Waals surface area contributed by atoms with Crippen LogP contribution in [-0.4, -0.2) is 47.3 Å². The molecule has 3 N–H and O–H groups in total. The van der Waals surface area contributed by atoms with E-state index in [0.29, 0.717) is 11.6 Å². The second-order valence-corrected chi connectivity index (χ2v) is 4.17. The minimum absolute atomic E-state index is 0.0149. The SMILES string of the molecule is COC1CCCN(c2nccc(/C(N)=N/O)n2)C1. The molecular weight excluding hydrogens is 234 g/mol. The summed E-state index contributed by atoms with van der Waals surface area (Å²) >= 11 is 0. The van der Waals surface area contributed by atoms with Crippen LogP contribution in [0.15, 0.2) is 17.4 Å². The Morgan fingerprint density at radius 2 is 2.50 bits per heavy atom. The molecule has 0 radical (unpaired) electrons. The van der Waals surface area contributed by atoms with Gasteiger partial charge in [0, 0.05) is 26.4 Å². The fraction of sp³-hybridized carbons (Fsp3) is 0.545. The minimum Gasteiger partial charge on any atom is -0.409 e. The third-order valence-electron chi connectivity index (χ3n) is 3.01. The molecule has 0 amide bonds. The van der Waals surface area contributed by atoms with E-state index in [2.05, 4.69) is 15.1 Å². The van der Waals surface area contributed by atoms with E-state index in [1.807, 2.05) is 4.90 Å². The maximum Gasteiger partial charge on any atom is 0.226 e. The zero-order chi connectivity index (χ0) is 13.0. The molecule has 0 aromatic carbocycles. The molecule has 2 rings (SSSR count). The van der Waals surface area contributed by atoms with Crippen LogP contribution in [0.25, 0.3) is 0 Å². The maximum absolute atomic E-state index is 8.64. The van der Waals surface area contributed by atoms with Gasteiger partial charge < -0.3 is 20.6 Å². The lowest BCUT2D eigenvalue weighted by Crippen LogP contribution is -2.40. The van der Waals surface area contributed by atoms with E-state index in [0.717, 1.165) is 25.9 Å². The van der Waals surface area contributed by atoms with E-state index in [4.69, 9.17) is 15.7 Å². The van der Waals surface area contributed by atoms with Gasteiger partial charge in [0.25, 0.3) is 0 Å². The molecule has 1 aliphatic heterocycles. The molecule has 1 unspecified atom stereocenters. The highest BCUT2D eigenvalue weighted by Gasteiger charge is 2.21. The molecule has 2 heterocycles. The van der Waals surface area contributed by atoms with Gasteiger partial charge in [-0.25, -0.2) is 9.97 Å². The maximum atomic E-state index is 8.64. The Kier molecular flexibility index (Phi) is 3.93. The molecule has 1 aromatic heterocycles. The van der Waals surface area contributed by atoms with Crippen molar-refractivity contribution in [2.75, 3.05) is 25.1 Å². The van der Waals surface area contributed by atoms with Gasteiger partial charge in [-0.15, -0.1) is 0 Å². The summed E-state index contributed by atoms with van der Waals surface area (Å²) in [5.74, 6) is 0.569. The molecule has 98 valence electrons. The predicted molar refractivity (Wildman–Crippen MR) is 66.8 cm³/mol. The lowest BCUT2D eigenvalue weighted by Gasteiger charge is -2.31. The van der Waals surface area contributed by atoms with Crippen molar-refractivity contribution in [2.45, 2.75) is 18.9 Å². The molecule has 1 saturated heterocycles. The van der Waals surface area contributed by atoms with Crippen LogP contribution in [0, 0.1) is 0 Å². The lowest BCUT2D eigenvalue weighted by atomic mass is 10.1. The van der Waals surface area contributed by atoms with Crippen LogP contribution in [0.2, 0.25) is 0 Å². The van der Waals surface area contributed by atoms with E-state index in [1.165, 1.54) is 0 Å². The smallest absolute Gasteiger partial charge is 0.226 e. The number of oxime groups is 1. The van der Waals surface area contributed by atoms with E-state index in [9.17, 15) is 0 Å². The zero-order valence-electron chi connectivity index (χ0n) is 10.3. The average molecular weight is 251 g/mol. The molecule has 0 aliphatic carbocycles. The second kappa shape index (κ2) is 5.63. The Bertz CT molecular complexity index is 437. The van der Waals surface area contributed by atoms with Crippen molar-refractivity contribution in [3.05, 3.63) is 18.0 Å².